The number of hydrogen-bond acceptors (Lipinski definition) is 4. The molecule has 7 nitrogen and oxygen atoms in total. The van der Waals surface area contributed by atoms with Gasteiger partial charge in [0.1, 0.15) is 11.9 Å². The number of anilines is 1. The number of amidine groups is 1. The number of carbonyl (C=O) groups excluding carboxylic acids is 2. The zero-order chi connectivity index (χ0) is 15.4. The van der Waals surface area contributed by atoms with E-state index in [0.29, 0.717) is 17.8 Å². The highest BCUT2D eigenvalue weighted by Gasteiger charge is 2.31. The molecular formula is C13H14ClN3O4. The average Bonchev–Trinajstić information content (AvgIpc) is 2.88. The van der Waals surface area contributed by atoms with Crippen molar-refractivity contribution in [1.82, 2.24) is 0 Å². The van der Waals surface area contributed by atoms with Crippen LogP contribution in [0.4, 0.5) is 15.3 Å². The van der Waals surface area contributed by atoms with Crippen LogP contribution in [0, 0.1) is 0 Å². The number of amides is 2. The van der Waals surface area contributed by atoms with Crippen LogP contribution in [0.2, 0.25) is 0 Å². The average molecular weight is 312 g/mol. The number of benzene rings is 1. The van der Waals surface area contributed by atoms with Crippen LogP contribution in [0.15, 0.2) is 29.3 Å². The zero-order valence-electron chi connectivity index (χ0n) is 11.3. The highest BCUT2D eigenvalue weighted by atomic mass is 35.5. The van der Waals surface area contributed by atoms with Gasteiger partial charge in [-0.05, 0) is 24.3 Å². The lowest BCUT2D eigenvalue weighted by molar-refractivity contribution is 0.151. The van der Waals surface area contributed by atoms with Crippen molar-refractivity contribution in [2.75, 3.05) is 24.4 Å². The number of halogens is 1. The lowest BCUT2D eigenvalue weighted by atomic mass is 10.2. The Bertz CT molecular complexity index is 573. The van der Waals surface area contributed by atoms with Crippen LogP contribution in [0.1, 0.15) is 5.56 Å². The van der Waals surface area contributed by atoms with E-state index in [0.717, 1.165) is 0 Å². The number of cyclic esters (lactones) is 1. The summed E-state index contributed by atoms with van der Waals surface area (Å²) in [6, 6.07) is 6.68. The first-order valence-corrected chi connectivity index (χ1v) is 6.65. The molecule has 2 amide bonds. The summed E-state index contributed by atoms with van der Waals surface area (Å²) >= 11 is 5.67. The Balaban J connectivity index is 2.14. The molecule has 8 heteroatoms. The van der Waals surface area contributed by atoms with Crippen LogP contribution >= 0.6 is 11.6 Å². The fraction of sp³-hybridized carbons (Fsp3) is 0.308. The van der Waals surface area contributed by atoms with Gasteiger partial charge in [-0.25, -0.2) is 9.59 Å². The van der Waals surface area contributed by atoms with Gasteiger partial charge in [-0.2, -0.15) is 4.99 Å². The van der Waals surface area contributed by atoms with Crippen molar-refractivity contribution in [3.8, 4) is 0 Å². The molecule has 2 N–H and O–H groups in total. The fourth-order valence-corrected chi connectivity index (χ4v) is 1.99. The molecule has 0 saturated carbocycles. The summed E-state index contributed by atoms with van der Waals surface area (Å²) < 4.78 is 9.47. The van der Waals surface area contributed by atoms with Crippen molar-refractivity contribution in [2.45, 2.75) is 6.10 Å². The van der Waals surface area contributed by atoms with Gasteiger partial charge in [0.2, 0.25) is 0 Å². The van der Waals surface area contributed by atoms with E-state index in [2.05, 4.69) is 9.73 Å². The van der Waals surface area contributed by atoms with Gasteiger partial charge < -0.3 is 15.2 Å². The Hall–Kier alpha value is -2.28. The lowest BCUT2D eigenvalue weighted by Crippen LogP contribution is -2.25. The van der Waals surface area contributed by atoms with E-state index in [1.165, 1.54) is 12.0 Å². The largest absolute Gasteiger partial charge is 0.451 e. The van der Waals surface area contributed by atoms with Crippen molar-refractivity contribution in [2.24, 2.45) is 10.7 Å². The predicted molar refractivity (Wildman–Crippen MR) is 77.9 cm³/mol. The minimum Gasteiger partial charge on any atom is -0.451 e. The van der Waals surface area contributed by atoms with Crippen LogP contribution in [-0.4, -0.2) is 43.7 Å². The molecule has 112 valence electrons. The number of ether oxygens (including phenoxy) is 2. The lowest BCUT2D eigenvalue weighted by Gasteiger charge is -2.13. The van der Waals surface area contributed by atoms with Crippen LogP contribution in [-0.2, 0) is 9.47 Å². The maximum absolute atomic E-state index is 11.7. The van der Waals surface area contributed by atoms with Crippen LogP contribution in [0.3, 0.4) is 0 Å². The predicted octanol–water partition coefficient (Wildman–Crippen LogP) is 1.72. The van der Waals surface area contributed by atoms with Gasteiger partial charge >= 0.3 is 12.2 Å². The summed E-state index contributed by atoms with van der Waals surface area (Å²) in [7, 11) is 1.22. The van der Waals surface area contributed by atoms with E-state index in [1.807, 2.05) is 0 Å². The normalized spacial score (nSPS) is 18.6. The molecule has 21 heavy (non-hydrogen) atoms. The third-order valence-electron chi connectivity index (χ3n) is 2.91. The first-order valence-electron chi connectivity index (χ1n) is 6.11. The SMILES string of the molecule is COC(=O)N=C(N)c1ccc(N2C[C@@H](CCl)OC2=O)cc1. The van der Waals surface area contributed by atoms with Gasteiger partial charge in [-0.1, -0.05) is 0 Å². The molecule has 0 unspecified atom stereocenters. The third kappa shape index (κ3) is 3.43. The molecule has 1 aromatic carbocycles. The summed E-state index contributed by atoms with van der Waals surface area (Å²) in [5.74, 6) is 0.287. The molecule has 0 bridgehead atoms. The number of rotatable bonds is 3. The Morgan fingerprint density at radius 1 is 1.52 bits per heavy atom. The van der Waals surface area contributed by atoms with Gasteiger partial charge in [0.15, 0.2) is 0 Å². The van der Waals surface area contributed by atoms with Crippen molar-refractivity contribution >= 4 is 35.3 Å². The maximum Gasteiger partial charge on any atom is 0.435 e. The van der Waals surface area contributed by atoms with E-state index in [-0.39, 0.29) is 17.8 Å². The quantitative estimate of drug-likeness (QED) is 0.521. The monoisotopic (exact) mass is 311 g/mol. The Labute approximate surface area is 126 Å². The molecule has 0 aliphatic carbocycles. The number of carbonyl (C=O) groups is 2. The van der Waals surface area contributed by atoms with Crippen molar-refractivity contribution in [1.29, 1.82) is 0 Å². The summed E-state index contributed by atoms with van der Waals surface area (Å²) in [6.07, 6.45) is -1.53. The standard InChI is InChI=1S/C13H14ClN3O4/c1-20-12(18)16-11(15)8-2-4-9(5-3-8)17-7-10(6-14)21-13(17)19/h2-5,10H,6-7H2,1H3,(H2,15,16,18)/t10-/m1/s1. The summed E-state index contributed by atoms with van der Waals surface area (Å²) in [5, 5.41) is 0. The van der Waals surface area contributed by atoms with E-state index < -0.39 is 12.2 Å². The molecule has 1 atom stereocenters. The molecule has 1 aliphatic heterocycles. The van der Waals surface area contributed by atoms with Crippen LogP contribution < -0.4 is 10.6 Å². The second-order valence-electron chi connectivity index (χ2n) is 4.28. The van der Waals surface area contributed by atoms with Gasteiger partial charge in [-0.3, -0.25) is 4.90 Å². The fourth-order valence-electron chi connectivity index (χ4n) is 1.83. The second kappa shape index (κ2) is 6.45. The highest BCUT2D eigenvalue weighted by molar-refractivity contribution is 6.18. The van der Waals surface area contributed by atoms with Crippen molar-refractivity contribution < 1.29 is 19.1 Å². The molecule has 1 saturated heterocycles. The second-order valence-corrected chi connectivity index (χ2v) is 4.59. The molecule has 0 radical (unpaired) electrons. The minimum atomic E-state index is -0.773. The van der Waals surface area contributed by atoms with Gasteiger partial charge in [-0.15, -0.1) is 11.6 Å². The first-order chi connectivity index (χ1) is 10.0. The molecule has 1 aliphatic rings. The number of nitrogens with two attached hydrogens (primary N) is 1. The van der Waals surface area contributed by atoms with Crippen LogP contribution in [0.25, 0.3) is 0 Å². The Morgan fingerprint density at radius 3 is 2.71 bits per heavy atom. The first kappa shape index (κ1) is 15.1. The smallest absolute Gasteiger partial charge is 0.435 e. The summed E-state index contributed by atoms with van der Waals surface area (Å²) in [6.45, 7) is 0.396. The van der Waals surface area contributed by atoms with Crippen molar-refractivity contribution in [3.63, 3.8) is 0 Å². The van der Waals surface area contributed by atoms with Crippen LogP contribution in [0.5, 0.6) is 0 Å². The number of hydrogen-bond donors (Lipinski definition) is 1. The van der Waals surface area contributed by atoms with E-state index in [4.69, 9.17) is 22.1 Å². The van der Waals surface area contributed by atoms with Crippen molar-refractivity contribution in [3.05, 3.63) is 29.8 Å². The van der Waals surface area contributed by atoms with E-state index >= 15 is 0 Å². The minimum absolute atomic E-state index is 0.0380. The maximum atomic E-state index is 11.7. The van der Waals surface area contributed by atoms with Gasteiger partial charge in [0, 0.05) is 11.3 Å². The molecule has 1 heterocycles. The Kier molecular flexibility index (Phi) is 4.64. The van der Waals surface area contributed by atoms with E-state index in [1.54, 1.807) is 24.3 Å². The third-order valence-corrected chi connectivity index (χ3v) is 3.25. The summed E-state index contributed by atoms with van der Waals surface area (Å²) in [5.41, 5.74) is 6.87. The Morgan fingerprint density at radius 2 is 2.19 bits per heavy atom. The number of aliphatic imine (C=N–C) groups is 1. The zero-order valence-corrected chi connectivity index (χ0v) is 12.0. The molecule has 1 fully saturated rings. The van der Waals surface area contributed by atoms with Gasteiger partial charge in [0.25, 0.3) is 0 Å². The number of methoxy groups -OCH3 is 1. The van der Waals surface area contributed by atoms with E-state index in [9.17, 15) is 9.59 Å². The van der Waals surface area contributed by atoms with Gasteiger partial charge in [0.05, 0.1) is 19.5 Å². The molecule has 0 spiro atoms. The number of nitrogens with zero attached hydrogens (tertiary/aromatic N) is 2. The number of alkyl halides is 1. The molecule has 2 rings (SSSR count). The topological polar surface area (TPSA) is 94.2 Å². The summed E-state index contributed by atoms with van der Waals surface area (Å²) in [4.78, 5) is 27.7. The highest BCUT2D eigenvalue weighted by Crippen LogP contribution is 2.22. The molecule has 1 aromatic rings. The molecular weight excluding hydrogens is 298 g/mol. The molecule has 0 aromatic heterocycles.